The fourth-order valence-corrected chi connectivity index (χ4v) is 2.34. The largest absolute Gasteiger partial charge is 0.361 e. The molecule has 112 valence electrons. The van der Waals surface area contributed by atoms with Gasteiger partial charge in [-0.2, -0.15) is 0 Å². The van der Waals surface area contributed by atoms with Gasteiger partial charge in [-0.15, -0.1) is 0 Å². The maximum absolute atomic E-state index is 13.1. The summed E-state index contributed by atoms with van der Waals surface area (Å²) in [6.07, 6.45) is 2.56. The Bertz CT molecular complexity index is 609. The lowest BCUT2D eigenvalue weighted by molar-refractivity contribution is 0.0281. The fraction of sp³-hybridized carbons (Fsp3) is 0.400. The molecule has 1 N–H and O–H groups in total. The molecule has 2 aromatic rings. The Kier molecular flexibility index (Phi) is 4.26. The molecule has 1 saturated heterocycles. The molecule has 0 aliphatic carbocycles. The standard InChI is InChI=1S/C15H16F2N2O2/c16-13-4-3-10(7-14(13)17)6-12-8-11(19-21-12)9-20-15-2-1-5-18-15/h3-4,7-8,15,18H,1-2,5-6,9H2/t15-/m0/s1. The predicted molar refractivity (Wildman–Crippen MR) is 71.5 cm³/mol. The quantitative estimate of drug-likeness (QED) is 0.921. The highest BCUT2D eigenvalue weighted by atomic mass is 19.2. The number of nitrogens with zero attached hydrogens (tertiary/aromatic N) is 1. The van der Waals surface area contributed by atoms with E-state index in [4.69, 9.17) is 9.26 Å². The van der Waals surface area contributed by atoms with Crippen LogP contribution in [0.4, 0.5) is 8.78 Å². The van der Waals surface area contributed by atoms with E-state index < -0.39 is 11.6 Å². The van der Waals surface area contributed by atoms with E-state index in [2.05, 4.69) is 10.5 Å². The molecule has 4 nitrogen and oxygen atoms in total. The molecule has 0 amide bonds. The Morgan fingerprint density at radius 2 is 2.19 bits per heavy atom. The molecule has 1 aromatic carbocycles. The van der Waals surface area contributed by atoms with Crippen molar-refractivity contribution in [1.29, 1.82) is 0 Å². The summed E-state index contributed by atoms with van der Waals surface area (Å²) in [6.45, 7) is 1.35. The molecule has 2 heterocycles. The molecule has 1 fully saturated rings. The van der Waals surface area contributed by atoms with E-state index >= 15 is 0 Å². The first-order valence-corrected chi connectivity index (χ1v) is 6.94. The number of ether oxygens (including phenoxy) is 1. The first-order valence-electron chi connectivity index (χ1n) is 6.94. The SMILES string of the molecule is Fc1ccc(Cc2cc(CO[C@H]3CCCN3)no2)cc1F. The predicted octanol–water partition coefficient (Wildman–Crippen LogP) is 2.77. The number of hydrogen-bond acceptors (Lipinski definition) is 4. The van der Waals surface area contributed by atoms with Crippen LogP contribution in [-0.4, -0.2) is 17.9 Å². The van der Waals surface area contributed by atoms with Gasteiger partial charge in [-0.1, -0.05) is 11.2 Å². The van der Waals surface area contributed by atoms with Crippen LogP contribution in [0.25, 0.3) is 0 Å². The van der Waals surface area contributed by atoms with Gasteiger partial charge in [0.1, 0.15) is 17.7 Å². The molecule has 0 spiro atoms. The van der Waals surface area contributed by atoms with Crippen LogP contribution < -0.4 is 5.32 Å². The van der Waals surface area contributed by atoms with Gasteiger partial charge in [-0.3, -0.25) is 5.32 Å². The van der Waals surface area contributed by atoms with Crippen LogP contribution in [0.3, 0.4) is 0 Å². The molecule has 0 bridgehead atoms. The third kappa shape index (κ3) is 3.65. The lowest BCUT2D eigenvalue weighted by Gasteiger charge is -2.09. The van der Waals surface area contributed by atoms with Crippen LogP contribution in [0.1, 0.15) is 29.9 Å². The van der Waals surface area contributed by atoms with E-state index in [1.54, 1.807) is 6.07 Å². The second-order valence-corrected chi connectivity index (χ2v) is 5.11. The van der Waals surface area contributed by atoms with Crippen LogP contribution in [0.2, 0.25) is 0 Å². The maximum atomic E-state index is 13.1. The minimum Gasteiger partial charge on any atom is -0.361 e. The van der Waals surface area contributed by atoms with Crippen molar-refractivity contribution in [1.82, 2.24) is 10.5 Å². The van der Waals surface area contributed by atoms with Gasteiger partial charge in [0.05, 0.1) is 6.61 Å². The van der Waals surface area contributed by atoms with Gasteiger partial charge in [0.15, 0.2) is 11.6 Å². The van der Waals surface area contributed by atoms with Crippen molar-refractivity contribution in [3.05, 3.63) is 52.9 Å². The van der Waals surface area contributed by atoms with Gasteiger partial charge >= 0.3 is 0 Å². The third-order valence-corrected chi connectivity index (χ3v) is 3.42. The normalized spacial score (nSPS) is 18.3. The number of nitrogens with one attached hydrogen (secondary N) is 1. The summed E-state index contributed by atoms with van der Waals surface area (Å²) in [5, 5.41) is 7.14. The van der Waals surface area contributed by atoms with Crippen LogP contribution in [0.15, 0.2) is 28.8 Å². The zero-order valence-corrected chi connectivity index (χ0v) is 11.4. The molecular formula is C15H16F2N2O2. The summed E-state index contributed by atoms with van der Waals surface area (Å²) in [5.74, 6) is -1.11. The summed E-state index contributed by atoms with van der Waals surface area (Å²) in [6, 6.07) is 5.57. The van der Waals surface area contributed by atoms with Gasteiger partial charge in [0.2, 0.25) is 0 Å². The van der Waals surface area contributed by atoms with Crippen molar-refractivity contribution in [2.75, 3.05) is 6.54 Å². The maximum Gasteiger partial charge on any atom is 0.159 e. The van der Waals surface area contributed by atoms with E-state index in [1.807, 2.05) is 0 Å². The average Bonchev–Trinajstić information content (AvgIpc) is 3.12. The van der Waals surface area contributed by atoms with E-state index in [1.165, 1.54) is 6.07 Å². The summed E-state index contributed by atoms with van der Waals surface area (Å²) in [5.41, 5.74) is 1.33. The molecule has 1 atom stereocenters. The van der Waals surface area contributed by atoms with Crippen LogP contribution in [-0.2, 0) is 17.8 Å². The number of hydrogen-bond donors (Lipinski definition) is 1. The molecule has 3 rings (SSSR count). The highest BCUT2D eigenvalue weighted by molar-refractivity contribution is 5.22. The Balaban J connectivity index is 1.57. The molecule has 6 heteroatoms. The Labute approximate surface area is 121 Å². The van der Waals surface area contributed by atoms with E-state index in [0.29, 0.717) is 30.0 Å². The van der Waals surface area contributed by atoms with Crippen molar-refractivity contribution < 1.29 is 18.0 Å². The Hall–Kier alpha value is -1.79. The first kappa shape index (κ1) is 14.2. The molecule has 1 aromatic heterocycles. The van der Waals surface area contributed by atoms with Gasteiger partial charge in [-0.05, 0) is 37.1 Å². The average molecular weight is 294 g/mol. The van der Waals surface area contributed by atoms with Gasteiger partial charge in [0.25, 0.3) is 0 Å². The zero-order chi connectivity index (χ0) is 14.7. The van der Waals surface area contributed by atoms with Crippen molar-refractivity contribution in [2.45, 2.75) is 32.1 Å². The lowest BCUT2D eigenvalue weighted by atomic mass is 10.1. The van der Waals surface area contributed by atoms with E-state index in [-0.39, 0.29) is 6.23 Å². The van der Waals surface area contributed by atoms with Gasteiger partial charge in [-0.25, -0.2) is 8.78 Å². The van der Waals surface area contributed by atoms with Gasteiger partial charge in [0, 0.05) is 12.5 Å². The highest BCUT2D eigenvalue weighted by Gasteiger charge is 2.15. The second kappa shape index (κ2) is 6.32. The fourth-order valence-electron chi connectivity index (χ4n) is 2.34. The van der Waals surface area contributed by atoms with Crippen molar-refractivity contribution in [2.24, 2.45) is 0 Å². The number of rotatable bonds is 5. The topological polar surface area (TPSA) is 47.3 Å². The Morgan fingerprint density at radius 3 is 2.95 bits per heavy atom. The molecule has 1 aliphatic heterocycles. The van der Waals surface area contributed by atoms with E-state index in [9.17, 15) is 8.78 Å². The van der Waals surface area contributed by atoms with Crippen molar-refractivity contribution >= 4 is 0 Å². The van der Waals surface area contributed by atoms with Crippen molar-refractivity contribution in [3.63, 3.8) is 0 Å². The zero-order valence-electron chi connectivity index (χ0n) is 11.4. The smallest absolute Gasteiger partial charge is 0.159 e. The minimum absolute atomic E-state index is 0.0799. The van der Waals surface area contributed by atoms with Crippen LogP contribution in [0.5, 0.6) is 0 Å². The molecular weight excluding hydrogens is 278 g/mol. The third-order valence-electron chi connectivity index (χ3n) is 3.42. The monoisotopic (exact) mass is 294 g/mol. The summed E-state index contributed by atoms with van der Waals surface area (Å²) >= 11 is 0. The van der Waals surface area contributed by atoms with Crippen LogP contribution in [0, 0.1) is 11.6 Å². The molecule has 0 saturated carbocycles. The molecule has 0 unspecified atom stereocenters. The molecule has 0 radical (unpaired) electrons. The molecule has 1 aliphatic rings. The number of halogens is 2. The number of aromatic nitrogens is 1. The second-order valence-electron chi connectivity index (χ2n) is 5.11. The highest BCUT2D eigenvalue weighted by Crippen LogP contribution is 2.15. The van der Waals surface area contributed by atoms with Crippen molar-refractivity contribution in [3.8, 4) is 0 Å². The van der Waals surface area contributed by atoms with Crippen LogP contribution >= 0.6 is 0 Å². The summed E-state index contributed by atoms with van der Waals surface area (Å²) in [7, 11) is 0. The minimum atomic E-state index is -0.858. The molecule has 21 heavy (non-hydrogen) atoms. The van der Waals surface area contributed by atoms with E-state index in [0.717, 1.165) is 31.5 Å². The first-order chi connectivity index (χ1) is 10.2. The Morgan fingerprint density at radius 1 is 1.29 bits per heavy atom. The number of benzene rings is 1. The summed E-state index contributed by atoms with van der Waals surface area (Å²) in [4.78, 5) is 0. The summed E-state index contributed by atoms with van der Waals surface area (Å²) < 4.78 is 36.8. The lowest BCUT2D eigenvalue weighted by Crippen LogP contribution is -2.24. The van der Waals surface area contributed by atoms with Gasteiger partial charge < -0.3 is 9.26 Å².